The van der Waals surface area contributed by atoms with E-state index in [1.54, 1.807) is 30.6 Å². The second kappa shape index (κ2) is 8.73. The number of rotatable bonds is 6. The average molecular weight is 425 g/mol. The van der Waals surface area contributed by atoms with Gasteiger partial charge < -0.3 is 9.88 Å². The number of carbonyl (C=O) groups excluding carboxylic acids is 2. The van der Waals surface area contributed by atoms with Crippen molar-refractivity contribution in [2.45, 2.75) is 26.3 Å². The summed E-state index contributed by atoms with van der Waals surface area (Å²) in [5.41, 5.74) is 2.74. The number of hydrogen-bond acceptors (Lipinski definition) is 7. The molecule has 0 aromatic carbocycles. The highest BCUT2D eigenvalue weighted by Crippen LogP contribution is 2.24. The number of anilines is 1. The lowest BCUT2D eigenvalue weighted by molar-refractivity contribution is -0.115. The second-order valence-electron chi connectivity index (χ2n) is 7.44. The number of pyridine rings is 2. The van der Waals surface area contributed by atoms with Crippen LogP contribution in [-0.2, 0) is 11.2 Å². The summed E-state index contributed by atoms with van der Waals surface area (Å²) in [6, 6.07) is 8.49. The first-order chi connectivity index (χ1) is 15.5. The van der Waals surface area contributed by atoms with Crippen molar-refractivity contribution in [1.29, 1.82) is 5.26 Å². The molecule has 158 valence electrons. The van der Waals surface area contributed by atoms with Gasteiger partial charge in [0.2, 0.25) is 11.7 Å². The molecular formula is C23H19N7O2. The number of ketones is 1. The van der Waals surface area contributed by atoms with Crippen LogP contribution in [0.2, 0.25) is 0 Å². The van der Waals surface area contributed by atoms with E-state index in [0.29, 0.717) is 33.5 Å². The fraction of sp³-hybridized carbons (Fsp3) is 0.174. The highest BCUT2D eigenvalue weighted by atomic mass is 16.1. The smallest absolute Gasteiger partial charge is 0.230 e. The molecule has 0 aliphatic carbocycles. The Labute approximate surface area is 183 Å². The van der Waals surface area contributed by atoms with Crippen LogP contribution in [-0.4, -0.2) is 36.2 Å². The fourth-order valence-electron chi connectivity index (χ4n) is 3.30. The van der Waals surface area contributed by atoms with Crippen LogP contribution in [0.5, 0.6) is 0 Å². The maximum atomic E-state index is 13.2. The lowest BCUT2D eigenvalue weighted by Gasteiger charge is -2.07. The summed E-state index contributed by atoms with van der Waals surface area (Å²) in [5.74, 6) is -0.578. The molecule has 0 unspecified atom stereocenters. The zero-order chi connectivity index (χ0) is 22.7. The van der Waals surface area contributed by atoms with Crippen LogP contribution >= 0.6 is 0 Å². The monoisotopic (exact) mass is 425 g/mol. The van der Waals surface area contributed by atoms with E-state index >= 15 is 0 Å². The van der Waals surface area contributed by atoms with Gasteiger partial charge >= 0.3 is 0 Å². The van der Waals surface area contributed by atoms with Crippen molar-refractivity contribution in [3.05, 3.63) is 77.9 Å². The van der Waals surface area contributed by atoms with Gasteiger partial charge in [0.05, 0.1) is 17.5 Å². The van der Waals surface area contributed by atoms with Crippen LogP contribution in [0.4, 0.5) is 5.69 Å². The van der Waals surface area contributed by atoms with Crippen LogP contribution in [0.3, 0.4) is 0 Å². The third-order valence-corrected chi connectivity index (χ3v) is 4.87. The van der Waals surface area contributed by atoms with Gasteiger partial charge in [-0.1, -0.05) is 0 Å². The van der Waals surface area contributed by atoms with Crippen molar-refractivity contribution in [2.75, 3.05) is 5.32 Å². The first-order valence-electron chi connectivity index (χ1n) is 9.92. The zero-order valence-corrected chi connectivity index (χ0v) is 17.5. The topological polar surface area (TPSA) is 126 Å². The fourth-order valence-corrected chi connectivity index (χ4v) is 3.30. The number of carbonyl (C=O) groups is 2. The van der Waals surface area contributed by atoms with Crippen molar-refractivity contribution in [3.8, 4) is 6.07 Å². The van der Waals surface area contributed by atoms with Crippen molar-refractivity contribution in [2.24, 2.45) is 0 Å². The van der Waals surface area contributed by atoms with E-state index in [4.69, 9.17) is 5.26 Å². The standard InChI is InChI=1S/C23H19N7O2/c1-14(2)30-12-19(18-11-25-13-28-23(18)30)22(32)20-7-17(5-6-26-20)29-21(31)8-16-4-3-15(9-24)10-27-16/h3-7,10-14H,8H2,1-2H3,(H,26,29,31). The lowest BCUT2D eigenvalue weighted by atomic mass is 10.1. The minimum Gasteiger partial charge on any atom is -0.329 e. The molecule has 0 fully saturated rings. The van der Waals surface area contributed by atoms with Crippen LogP contribution in [0, 0.1) is 11.3 Å². The third-order valence-electron chi connectivity index (χ3n) is 4.87. The van der Waals surface area contributed by atoms with Crippen LogP contribution in [0.25, 0.3) is 11.0 Å². The Morgan fingerprint density at radius 2 is 2.00 bits per heavy atom. The molecule has 4 aromatic heterocycles. The zero-order valence-electron chi connectivity index (χ0n) is 17.5. The van der Waals surface area contributed by atoms with Crippen molar-refractivity contribution < 1.29 is 9.59 Å². The summed E-state index contributed by atoms with van der Waals surface area (Å²) < 4.78 is 1.92. The van der Waals surface area contributed by atoms with Crippen LogP contribution < -0.4 is 5.32 Å². The first kappa shape index (κ1) is 20.8. The Morgan fingerprint density at radius 1 is 1.16 bits per heavy atom. The number of nitrogens with one attached hydrogen (secondary N) is 1. The molecule has 9 nitrogen and oxygen atoms in total. The molecule has 32 heavy (non-hydrogen) atoms. The molecule has 4 heterocycles. The number of fused-ring (bicyclic) bond motifs is 1. The number of hydrogen-bond donors (Lipinski definition) is 1. The van der Waals surface area contributed by atoms with E-state index in [1.165, 1.54) is 24.8 Å². The van der Waals surface area contributed by atoms with E-state index in [9.17, 15) is 9.59 Å². The quantitative estimate of drug-likeness (QED) is 0.470. The molecule has 0 aliphatic rings. The highest BCUT2D eigenvalue weighted by Gasteiger charge is 2.20. The van der Waals surface area contributed by atoms with Crippen molar-refractivity contribution >= 4 is 28.4 Å². The summed E-state index contributed by atoms with van der Waals surface area (Å²) in [7, 11) is 0. The molecule has 0 bridgehead atoms. The van der Waals surface area contributed by atoms with Gasteiger partial charge in [-0.2, -0.15) is 5.26 Å². The van der Waals surface area contributed by atoms with Crippen LogP contribution in [0.1, 0.15) is 47.2 Å². The maximum Gasteiger partial charge on any atom is 0.230 e. The average Bonchev–Trinajstić information content (AvgIpc) is 3.19. The number of aromatic nitrogens is 5. The van der Waals surface area contributed by atoms with Gasteiger partial charge in [0.25, 0.3) is 0 Å². The summed E-state index contributed by atoms with van der Waals surface area (Å²) >= 11 is 0. The van der Waals surface area contributed by atoms with Gasteiger partial charge in [0.1, 0.15) is 23.7 Å². The summed E-state index contributed by atoms with van der Waals surface area (Å²) in [6.07, 6.45) is 7.76. The Morgan fingerprint density at radius 3 is 2.72 bits per heavy atom. The Bertz CT molecular complexity index is 1350. The Kier molecular flexibility index (Phi) is 5.68. The molecule has 0 aliphatic heterocycles. The van der Waals surface area contributed by atoms with Gasteiger partial charge in [-0.15, -0.1) is 0 Å². The van der Waals surface area contributed by atoms with E-state index in [0.717, 1.165) is 0 Å². The molecular weight excluding hydrogens is 406 g/mol. The largest absolute Gasteiger partial charge is 0.329 e. The van der Waals surface area contributed by atoms with E-state index in [2.05, 4.69) is 25.3 Å². The lowest BCUT2D eigenvalue weighted by Crippen LogP contribution is -2.16. The summed E-state index contributed by atoms with van der Waals surface area (Å²) in [6.45, 7) is 4.01. The Hall–Kier alpha value is -4.45. The molecule has 1 amide bonds. The van der Waals surface area contributed by atoms with Crippen molar-refractivity contribution in [3.63, 3.8) is 0 Å². The van der Waals surface area contributed by atoms with Gasteiger partial charge in [-0.3, -0.25) is 19.6 Å². The first-order valence-corrected chi connectivity index (χ1v) is 9.92. The summed E-state index contributed by atoms with van der Waals surface area (Å²) in [4.78, 5) is 42.3. The molecule has 4 rings (SSSR count). The van der Waals surface area contributed by atoms with Gasteiger partial charge in [0.15, 0.2) is 0 Å². The Balaban J connectivity index is 1.55. The second-order valence-corrected chi connectivity index (χ2v) is 7.44. The molecule has 4 aromatic rings. The normalized spacial score (nSPS) is 10.8. The molecule has 0 atom stereocenters. The molecule has 0 radical (unpaired) electrons. The van der Waals surface area contributed by atoms with Gasteiger partial charge in [-0.25, -0.2) is 9.97 Å². The minimum absolute atomic E-state index is 0.0382. The number of amides is 1. The van der Waals surface area contributed by atoms with Crippen LogP contribution in [0.15, 0.2) is 55.4 Å². The van der Waals surface area contributed by atoms with Gasteiger partial charge in [0, 0.05) is 47.6 Å². The minimum atomic E-state index is -0.295. The maximum absolute atomic E-state index is 13.2. The number of nitrogens with zero attached hydrogens (tertiary/aromatic N) is 6. The van der Waals surface area contributed by atoms with Gasteiger partial charge in [-0.05, 0) is 38.1 Å². The molecule has 0 spiro atoms. The summed E-state index contributed by atoms with van der Waals surface area (Å²) in [5, 5.41) is 12.2. The highest BCUT2D eigenvalue weighted by molar-refractivity contribution is 6.15. The SMILES string of the molecule is CC(C)n1cc(C(=O)c2cc(NC(=O)Cc3ccc(C#N)cn3)ccn2)c2cncnc21. The molecule has 0 saturated carbocycles. The van der Waals surface area contributed by atoms with E-state index < -0.39 is 0 Å². The third kappa shape index (κ3) is 4.20. The predicted octanol–water partition coefficient (Wildman–Crippen LogP) is 3.09. The molecule has 0 saturated heterocycles. The van der Waals surface area contributed by atoms with E-state index in [1.807, 2.05) is 24.5 Å². The molecule has 9 heteroatoms. The molecule has 1 N–H and O–H groups in total. The van der Waals surface area contributed by atoms with E-state index in [-0.39, 0.29) is 29.8 Å². The van der Waals surface area contributed by atoms with Crippen molar-refractivity contribution in [1.82, 2.24) is 24.5 Å². The predicted molar refractivity (Wildman–Crippen MR) is 117 cm³/mol. The number of nitriles is 1.